The number of aliphatic hydroxyl groups excluding tert-OH is 1. The molecule has 0 saturated heterocycles. The molecule has 1 aromatic rings. The highest BCUT2D eigenvalue weighted by Crippen LogP contribution is 2.10. The van der Waals surface area contributed by atoms with Gasteiger partial charge in [-0.25, -0.2) is 4.79 Å². The molecule has 2 N–H and O–H groups in total. The lowest BCUT2D eigenvalue weighted by Gasteiger charge is -2.19. The molecule has 19 heavy (non-hydrogen) atoms. The van der Waals surface area contributed by atoms with Crippen molar-refractivity contribution in [1.82, 2.24) is 10.2 Å². The van der Waals surface area contributed by atoms with E-state index < -0.39 is 6.10 Å². The van der Waals surface area contributed by atoms with Crippen LogP contribution in [0.3, 0.4) is 0 Å². The van der Waals surface area contributed by atoms with Crippen molar-refractivity contribution >= 4 is 17.6 Å². The van der Waals surface area contributed by atoms with Crippen LogP contribution >= 0.6 is 11.6 Å². The van der Waals surface area contributed by atoms with Gasteiger partial charge in [-0.2, -0.15) is 0 Å². The van der Waals surface area contributed by atoms with Crippen LogP contribution in [-0.2, 0) is 6.42 Å². The maximum atomic E-state index is 11.6. The minimum Gasteiger partial charge on any atom is -0.392 e. The summed E-state index contributed by atoms with van der Waals surface area (Å²) in [5.74, 6) is 0. The van der Waals surface area contributed by atoms with Gasteiger partial charge in [0.2, 0.25) is 0 Å². The molecule has 0 aliphatic heterocycles. The number of carbonyl (C=O) groups is 1. The van der Waals surface area contributed by atoms with E-state index in [0.29, 0.717) is 13.1 Å². The first-order chi connectivity index (χ1) is 8.99. The van der Waals surface area contributed by atoms with Crippen LogP contribution in [0.25, 0.3) is 0 Å². The van der Waals surface area contributed by atoms with Gasteiger partial charge in [0.05, 0.1) is 6.10 Å². The lowest BCUT2D eigenvalue weighted by Crippen LogP contribution is -2.41. The normalized spacial score (nSPS) is 12.0. The van der Waals surface area contributed by atoms with E-state index >= 15 is 0 Å². The fourth-order valence-electron chi connectivity index (χ4n) is 1.75. The third kappa shape index (κ3) is 6.45. The molecule has 0 aromatic heterocycles. The summed E-state index contributed by atoms with van der Waals surface area (Å²) in [6.07, 6.45) is 1.26. The molecular weight excluding hydrogens is 264 g/mol. The van der Waals surface area contributed by atoms with Gasteiger partial charge in [-0.1, -0.05) is 23.7 Å². The zero-order valence-corrected chi connectivity index (χ0v) is 12.2. The Labute approximate surface area is 119 Å². The number of hydrogen-bond acceptors (Lipinski definition) is 2. The van der Waals surface area contributed by atoms with Gasteiger partial charge < -0.3 is 15.3 Å². The Morgan fingerprint density at radius 1 is 1.42 bits per heavy atom. The molecule has 0 bridgehead atoms. The minimum atomic E-state index is -0.509. The lowest BCUT2D eigenvalue weighted by molar-refractivity contribution is 0.144. The number of aliphatic hydroxyl groups is 1. The summed E-state index contributed by atoms with van der Waals surface area (Å²) in [5.41, 5.74) is 1.20. The molecule has 0 radical (unpaired) electrons. The van der Waals surface area contributed by atoms with E-state index in [0.717, 1.165) is 17.9 Å². The number of likely N-dealkylation sites (N-methyl/N-ethyl adjacent to an activating group) is 1. The molecule has 0 spiro atoms. The standard InChI is InChI=1S/C14H21ClN2O2/c1-11(18)10-17(2)14(19)16-9-3-4-12-5-7-13(15)8-6-12/h5-8,11,18H,3-4,9-10H2,1-2H3,(H,16,19). The Bertz CT molecular complexity index is 393. The summed E-state index contributed by atoms with van der Waals surface area (Å²) < 4.78 is 0. The van der Waals surface area contributed by atoms with E-state index in [1.54, 1.807) is 14.0 Å². The van der Waals surface area contributed by atoms with Crippen LogP contribution in [0.2, 0.25) is 5.02 Å². The molecule has 0 aliphatic carbocycles. The van der Waals surface area contributed by atoms with Crippen LogP contribution in [0.1, 0.15) is 18.9 Å². The quantitative estimate of drug-likeness (QED) is 0.788. The van der Waals surface area contributed by atoms with Gasteiger partial charge in [0.15, 0.2) is 0 Å². The van der Waals surface area contributed by atoms with Crippen molar-refractivity contribution in [2.45, 2.75) is 25.9 Å². The van der Waals surface area contributed by atoms with Crippen LogP contribution in [0.4, 0.5) is 4.79 Å². The molecule has 0 saturated carbocycles. The number of aryl methyl sites for hydroxylation is 1. The topological polar surface area (TPSA) is 52.6 Å². The smallest absolute Gasteiger partial charge is 0.317 e. The summed E-state index contributed by atoms with van der Waals surface area (Å²) in [7, 11) is 1.67. The second kappa shape index (κ2) is 8.02. The van der Waals surface area contributed by atoms with Crippen molar-refractivity contribution in [1.29, 1.82) is 0 Å². The summed E-state index contributed by atoms with van der Waals surface area (Å²) in [6.45, 7) is 2.61. The van der Waals surface area contributed by atoms with Crippen LogP contribution in [0.5, 0.6) is 0 Å². The van der Waals surface area contributed by atoms with Gasteiger partial charge in [0.25, 0.3) is 0 Å². The van der Waals surface area contributed by atoms with Gasteiger partial charge >= 0.3 is 6.03 Å². The van der Waals surface area contributed by atoms with E-state index in [1.165, 1.54) is 10.5 Å². The maximum absolute atomic E-state index is 11.6. The Kier molecular flexibility index (Phi) is 6.67. The molecule has 0 aliphatic rings. The van der Waals surface area contributed by atoms with Gasteiger partial charge in [-0.3, -0.25) is 0 Å². The average Bonchev–Trinajstić information content (AvgIpc) is 2.35. The molecule has 1 rings (SSSR count). The van der Waals surface area contributed by atoms with Crippen molar-refractivity contribution in [2.75, 3.05) is 20.1 Å². The van der Waals surface area contributed by atoms with Crippen molar-refractivity contribution < 1.29 is 9.90 Å². The van der Waals surface area contributed by atoms with Crippen LogP contribution in [0, 0.1) is 0 Å². The third-order valence-electron chi connectivity index (χ3n) is 2.72. The molecule has 1 aromatic carbocycles. The van der Waals surface area contributed by atoms with Crippen LogP contribution < -0.4 is 5.32 Å². The fourth-order valence-corrected chi connectivity index (χ4v) is 1.88. The highest BCUT2D eigenvalue weighted by Gasteiger charge is 2.09. The van der Waals surface area contributed by atoms with E-state index in [4.69, 9.17) is 11.6 Å². The Morgan fingerprint density at radius 3 is 2.63 bits per heavy atom. The molecule has 5 heteroatoms. The third-order valence-corrected chi connectivity index (χ3v) is 2.97. The van der Waals surface area contributed by atoms with Crippen molar-refractivity contribution in [3.05, 3.63) is 34.9 Å². The van der Waals surface area contributed by atoms with Gasteiger partial charge in [-0.05, 0) is 37.5 Å². The van der Waals surface area contributed by atoms with E-state index in [1.807, 2.05) is 24.3 Å². The number of amides is 2. The summed E-state index contributed by atoms with van der Waals surface area (Å²) in [6, 6.07) is 7.56. The Morgan fingerprint density at radius 2 is 2.05 bits per heavy atom. The van der Waals surface area contributed by atoms with Crippen molar-refractivity contribution in [2.24, 2.45) is 0 Å². The van der Waals surface area contributed by atoms with E-state index in [2.05, 4.69) is 5.32 Å². The molecule has 106 valence electrons. The summed E-state index contributed by atoms with van der Waals surface area (Å²) >= 11 is 5.81. The lowest BCUT2D eigenvalue weighted by atomic mass is 10.1. The highest BCUT2D eigenvalue weighted by molar-refractivity contribution is 6.30. The Balaban J connectivity index is 2.20. The molecule has 0 fully saturated rings. The number of nitrogens with zero attached hydrogens (tertiary/aromatic N) is 1. The second-order valence-corrected chi connectivity index (χ2v) is 5.13. The number of benzene rings is 1. The molecule has 2 amide bonds. The van der Waals surface area contributed by atoms with Gasteiger partial charge in [-0.15, -0.1) is 0 Å². The fraction of sp³-hybridized carbons (Fsp3) is 0.500. The van der Waals surface area contributed by atoms with E-state index in [9.17, 15) is 9.90 Å². The predicted molar refractivity (Wildman–Crippen MR) is 77.5 cm³/mol. The molecule has 1 unspecified atom stereocenters. The minimum absolute atomic E-state index is 0.156. The first-order valence-electron chi connectivity index (χ1n) is 6.40. The van der Waals surface area contributed by atoms with Crippen LogP contribution in [-0.4, -0.2) is 42.3 Å². The number of halogens is 1. The summed E-state index contributed by atoms with van der Waals surface area (Å²) in [4.78, 5) is 13.1. The largest absolute Gasteiger partial charge is 0.392 e. The zero-order valence-electron chi connectivity index (χ0n) is 11.4. The first kappa shape index (κ1) is 15.8. The van der Waals surface area contributed by atoms with Crippen LogP contribution in [0.15, 0.2) is 24.3 Å². The van der Waals surface area contributed by atoms with E-state index in [-0.39, 0.29) is 6.03 Å². The maximum Gasteiger partial charge on any atom is 0.317 e. The first-order valence-corrected chi connectivity index (χ1v) is 6.78. The molecular formula is C14H21ClN2O2. The van der Waals surface area contributed by atoms with Gasteiger partial charge in [0.1, 0.15) is 0 Å². The SMILES string of the molecule is CC(O)CN(C)C(=O)NCCCc1ccc(Cl)cc1. The predicted octanol–water partition coefficient (Wildman–Crippen LogP) is 2.29. The Hall–Kier alpha value is -1.26. The van der Waals surface area contributed by atoms with Crippen molar-refractivity contribution in [3.8, 4) is 0 Å². The summed E-state index contributed by atoms with van der Waals surface area (Å²) in [5, 5.41) is 12.7. The second-order valence-electron chi connectivity index (χ2n) is 4.69. The number of hydrogen-bond donors (Lipinski definition) is 2. The molecule has 0 heterocycles. The molecule has 4 nitrogen and oxygen atoms in total. The zero-order chi connectivity index (χ0) is 14.3. The monoisotopic (exact) mass is 284 g/mol. The average molecular weight is 285 g/mol. The molecule has 1 atom stereocenters. The van der Waals surface area contributed by atoms with Crippen molar-refractivity contribution in [3.63, 3.8) is 0 Å². The number of urea groups is 1. The number of carbonyl (C=O) groups excluding carboxylic acids is 1. The number of nitrogens with one attached hydrogen (secondary N) is 1. The highest BCUT2D eigenvalue weighted by atomic mass is 35.5. The van der Waals surface area contributed by atoms with Gasteiger partial charge in [0, 0.05) is 25.2 Å². The number of rotatable bonds is 6.